The van der Waals surface area contributed by atoms with Crippen LogP contribution in [0.25, 0.3) is 0 Å². The minimum Gasteiger partial charge on any atom is -0.481 e. The second kappa shape index (κ2) is 11.0. The summed E-state index contributed by atoms with van der Waals surface area (Å²) in [5, 5.41) is 27.6. The minimum atomic E-state index is -0.876. The molecule has 0 radical (unpaired) electrons. The van der Waals surface area contributed by atoms with Crippen molar-refractivity contribution in [2.75, 3.05) is 0 Å². The van der Waals surface area contributed by atoms with Gasteiger partial charge in [0.05, 0.1) is 12.2 Å². The average Bonchev–Trinajstić information content (AvgIpc) is 2.32. The maximum Gasteiger partial charge on any atom is 0.303 e. The average molecular weight is 256 g/mol. The third kappa shape index (κ3) is 10.1. The van der Waals surface area contributed by atoms with E-state index in [-0.39, 0.29) is 6.42 Å². The fourth-order valence-corrected chi connectivity index (χ4v) is 1.49. The molecule has 0 unspecified atom stereocenters. The van der Waals surface area contributed by atoms with Gasteiger partial charge >= 0.3 is 5.97 Å². The molecule has 0 saturated carbocycles. The molecular formula is C14H24O4. The van der Waals surface area contributed by atoms with Gasteiger partial charge in [-0.2, -0.15) is 0 Å². The standard InChI is InChI=1S/C14H24O4/c1-2-3-4-5-6-7-9-12(15)13(16)10-8-11-14(17)18/h3-4,6-7,12-13,15-16H,2,5,8-11H2,1H3,(H,17,18)/b4-3-,7-6-/t12-,13+/m1/s1. The monoisotopic (exact) mass is 256 g/mol. The highest BCUT2D eigenvalue weighted by atomic mass is 16.4. The lowest BCUT2D eigenvalue weighted by atomic mass is 10.0. The zero-order valence-corrected chi connectivity index (χ0v) is 11.0. The number of hydrogen-bond acceptors (Lipinski definition) is 3. The topological polar surface area (TPSA) is 77.8 Å². The SMILES string of the molecule is CC/C=C\C/C=C\C[C@@H](O)[C@@H](O)CCCC(=O)O. The first-order valence-corrected chi connectivity index (χ1v) is 6.45. The molecule has 0 bridgehead atoms. The van der Waals surface area contributed by atoms with Crippen molar-refractivity contribution in [3.05, 3.63) is 24.3 Å². The lowest BCUT2D eigenvalue weighted by Gasteiger charge is -2.15. The summed E-state index contributed by atoms with van der Waals surface area (Å²) < 4.78 is 0. The van der Waals surface area contributed by atoms with Gasteiger partial charge in [0, 0.05) is 6.42 Å². The van der Waals surface area contributed by atoms with E-state index in [1.54, 1.807) is 0 Å². The summed E-state index contributed by atoms with van der Waals surface area (Å²) in [5.74, 6) is -0.876. The van der Waals surface area contributed by atoms with Crippen LogP contribution in [-0.4, -0.2) is 33.5 Å². The largest absolute Gasteiger partial charge is 0.481 e. The van der Waals surface area contributed by atoms with Crippen molar-refractivity contribution in [3.63, 3.8) is 0 Å². The van der Waals surface area contributed by atoms with E-state index >= 15 is 0 Å². The molecule has 0 rings (SSSR count). The Kier molecular flexibility index (Phi) is 10.3. The van der Waals surface area contributed by atoms with Crippen molar-refractivity contribution in [1.29, 1.82) is 0 Å². The number of aliphatic carboxylic acids is 1. The summed E-state index contributed by atoms with van der Waals surface area (Å²) >= 11 is 0. The van der Waals surface area contributed by atoms with Gasteiger partial charge in [0.2, 0.25) is 0 Å². The second-order valence-corrected chi connectivity index (χ2v) is 4.24. The fourth-order valence-electron chi connectivity index (χ4n) is 1.49. The summed E-state index contributed by atoms with van der Waals surface area (Å²) in [7, 11) is 0. The summed E-state index contributed by atoms with van der Waals surface area (Å²) in [6.45, 7) is 2.07. The second-order valence-electron chi connectivity index (χ2n) is 4.24. The molecule has 0 amide bonds. The van der Waals surface area contributed by atoms with Gasteiger partial charge in [0.15, 0.2) is 0 Å². The molecule has 2 atom stereocenters. The van der Waals surface area contributed by atoms with Gasteiger partial charge < -0.3 is 15.3 Å². The Morgan fingerprint density at radius 3 is 2.39 bits per heavy atom. The van der Waals surface area contributed by atoms with E-state index < -0.39 is 18.2 Å². The molecule has 3 N–H and O–H groups in total. The first-order chi connectivity index (χ1) is 8.57. The Morgan fingerprint density at radius 1 is 1.11 bits per heavy atom. The van der Waals surface area contributed by atoms with Gasteiger partial charge in [0.1, 0.15) is 0 Å². The highest BCUT2D eigenvalue weighted by Crippen LogP contribution is 2.08. The highest BCUT2D eigenvalue weighted by molar-refractivity contribution is 5.66. The maximum absolute atomic E-state index is 10.3. The Hall–Kier alpha value is -1.13. The molecular weight excluding hydrogens is 232 g/mol. The summed E-state index contributed by atoms with van der Waals surface area (Å²) in [4.78, 5) is 10.3. The number of aliphatic hydroxyl groups excluding tert-OH is 2. The van der Waals surface area contributed by atoms with Crippen LogP contribution in [0.4, 0.5) is 0 Å². The van der Waals surface area contributed by atoms with E-state index in [0.717, 1.165) is 12.8 Å². The molecule has 104 valence electrons. The number of hydrogen-bond donors (Lipinski definition) is 3. The van der Waals surface area contributed by atoms with Gasteiger partial charge in [-0.1, -0.05) is 31.2 Å². The van der Waals surface area contributed by atoms with Crippen LogP contribution in [0, 0.1) is 0 Å². The van der Waals surface area contributed by atoms with Crippen LogP contribution < -0.4 is 0 Å². The Morgan fingerprint density at radius 2 is 1.78 bits per heavy atom. The normalized spacial score (nSPS) is 15.3. The number of aliphatic hydroxyl groups is 2. The third-order valence-corrected chi connectivity index (χ3v) is 2.55. The van der Waals surface area contributed by atoms with E-state index in [4.69, 9.17) is 5.11 Å². The lowest BCUT2D eigenvalue weighted by Crippen LogP contribution is -2.25. The molecule has 0 aliphatic heterocycles. The summed E-state index contributed by atoms with van der Waals surface area (Å²) in [6, 6.07) is 0. The van der Waals surface area contributed by atoms with Gasteiger partial charge in [0.25, 0.3) is 0 Å². The third-order valence-electron chi connectivity index (χ3n) is 2.55. The predicted molar refractivity (Wildman–Crippen MR) is 71.3 cm³/mol. The summed E-state index contributed by atoms with van der Waals surface area (Å²) in [5.41, 5.74) is 0. The first kappa shape index (κ1) is 16.9. The van der Waals surface area contributed by atoms with Crippen molar-refractivity contribution < 1.29 is 20.1 Å². The Bertz CT molecular complexity index is 271. The van der Waals surface area contributed by atoms with Crippen molar-refractivity contribution in [2.24, 2.45) is 0 Å². The number of carboxylic acid groups (broad SMARTS) is 1. The van der Waals surface area contributed by atoms with Crippen LogP contribution in [0.2, 0.25) is 0 Å². The van der Waals surface area contributed by atoms with E-state index in [1.165, 1.54) is 0 Å². The van der Waals surface area contributed by atoms with Crippen LogP contribution >= 0.6 is 0 Å². The zero-order chi connectivity index (χ0) is 13.8. The first-order valence-electron chi connectivity index (χ1n) is 6.45. The van der Waals surface area contributed by atoms with E-state index in [2.05, 4.69) is 13.0 Å². The maximum atomic E-state index is 10.3. The van der Waals surface area contributed by atoms with Crippen molar-refractivity contribution in [1.82, 2.24) is 0 Å². The quantitative estimate of drug-likeness (QED) is 0.524. The molecule has 0 aliphatic rings. The molecule has 4 nitrogen and oxygen atoms in total. The van der Waals surface area contributed by atoms with E-state index in [9.17, 15) is 15.0 Å². The van der Waals surface area contributed by atoms with Crippen molar-refractivity contribution >= 4 is 5.97 Å². The highest BCUT2D eigenvalue weighted by Gasteiger charge is 2.14. The van der Waals surface area contributed by atoms with Crippen molar-refractivity contribution in [2.45, 2.75) is 57.7 Å². The minimum absolute atomic E-state index is 0.0292. The predicted octanol–water partition coefficient (Wildman–Crippen LogP) is 2.27. The molecule has 0 aromatic carbocycles. The van der Waals surface area contributed by atoms with Crippen LogP contribution in [0.1, 0.15) is 45.4 Å². The number of carboxylic acids is 1. The molecule has 0 fully saturated rings. The molecule has 4 heteroatoms. The van der Waals surface area contributed by atoms with Crippen LogP contribution in [0.5, 0.6) is 0 Å². The van der Waals surface area contributed by atoms with E-state index in [1.807, 2.05) is 18.2 Å². The van der Waals surface area contributed by atoms with Crippen LogP contribution in [-0.2, 0) is 4.79 Å². The fraction of sp³-hybridized carbons (Fsp3) is 0.643. The smallest absolute Gasteiger partial charge is 0.303 e. The summed E-state index contributed by atoms with van der Waals surface area (Å²) in [6.07, 6.45) is 9.21. The molecule has 0 heterocycles. The van der Waals surface area contributed by atoms with Crippen LogP contribution in [0.15, 0.2) is 24.3 Å². The molecule has 0 aromatic rings. The van der Waals surface area contributed by atoms with Gasteiger partial charge in [-0.3, -0.25) is 4.79 Å². The Balaban J connectivity index is 3.69. The molecule has 0 aliphatic carbocycles. The zero-order valence-electron chi connectivity index (χ0n) is 11.0. The molecule has 18 heavy (non-hydrogen) atoms. The molecule has 0 saturated heterocycles. The van der Waals surface area contributed by atoms with Crippen molar-refractivity contribution in [3.8, 4) is 0 Å². The van der Waals surface area contributed by atoms with Gasteiger partial charge in [-0.05, 0) is 32.1 Å². The van der Waals surface area contributed by atoms with E-state index in [0.29, 0.717) is 19.3 Å². The lowest BCUT2D eigenvalue weighted by molar-refractivity contribution is -0.137. The van der Waals surface area contributed by atoms with Crippen LogP contribution in [0.3, 0.4) is 0 Å². The molecule has 0 aromatic heterocycles. The number of carbonyl (C=O) groups is 1. The molecule has 0 spiro atoms. The number of rotatable bonds is 10. The Labute approximate surface area is 109 Å². The van der Waals surface area contributed by atoms with Gasteiger partial charge in [-0.15, -0.1) is 0 Å². The van der Waals surface area contributed by atoms with Gasteiger partial charge in [-0.25, -0.2) is 0 Å². The number of allylic oxidation sites excluding steroid dienone is 3.